The third-order valence-corrected chi connectivity index (χ3v) is 5.12. The minimum Gasteiger partial charge on any atom is -0.340 e. The Kier molecular flexibility index (Phi) is 3.06. The van der Waals surface area contributed by atoms with E-state index in [1.165, 1.54) is 11.1 Å². The van der Waals surface area contributed by atoms with Gasteiger partial charge < -0.3 is 15.5 Å². The molecular weight excluding hydrogens is 300 g/mol. The highest BCUT2D eigenvalue weighted by Gasteiger charge is 2.40. The second-order valence-corrected chi connectivity index (χ2v) is 6.88. The van der Waals surface area contributed by atoms with Crippen molar-refractivity contribution in [3.63, 3.8) is 0 Å². The van der Waals surface area contributed by atoms with Crippen molar-refractivity contribution in [3.8, 4) is 0 Å². The number of anilines is 3. The Morgan fingerprint density at radius 2 is 2.17 bits per heavy atom. The lowest BCUT2D eigenvalue weighted by Gasteiger charge is -2.29. The van der Waals surface area contributed by atoms with Gasteiger partial charge in [0.2, 0.25) is 5.95 Å². The first kappa shape index (κ1) is 13.9. The number of fused-ring (bicyclic) bond motifs is 2. The Morgan fingerprint density at radius 3 is 2.96 bits per heavy atom. The molecule has 0 bridgehead atoms. The number of aryl methyl sites for hydroxylation is 1. The van der Waals surface area contributed by atoms with Crippen molar-refractivity contribution in [2.24, 2.45) is 10.9 Å². The minimum atomic E-state index is 0.613. The molecule has 1 aromatic carbocycles. The maximum atomic E-state index is 4.74. The molecule has 2 N–H and O–H groups in total. The van der Waals surface area contributed by atoms with E-state index in [1.54, 1.807) is 0 Å². The third-order valence-electron chi connectivity index (χ3n) is 5.12. The Bertz CT molecular complexity index is 818. The van der Waals surface area contributed by atoms with Crippen LogP contribution in [0.2, 0.25) is 0 Å². The molecule has 1 aromatic heterocycles. The number of nitrogens with zero attached hydrogens (tertiary/aromatic N) is 4. The highest BCUT2D eigenvalue weighted by atomic mass is 15.3. The van der Waals surface area contributed by atoms with Crippen molar-refractivity contribution >= 4 is 23.7 Å². The standard InChI is InChI=1S/C18H20N6/c1-11-4-17(22-15-3-2-12-6-19-7-13(12)5-15)23-18(21-11)24-9-14-8-20-16(14)10-24/h2-5,7,14,16,20H,6,8-10H2,1H3,(H,21,22,23). The van der Waals surface area contributed by atoms with Crippen LogP contribution >= 0.6 is 0 Å². The molecule has 24 heavy (non-hydrogen) atoms. The van der Waals surface area contributed by atoms with Crippen molar-refractivity contribution in [2.75, 3.05) is 29.9 Å². The van der Waals surface area contributed by atoms with Gasteiger partial charge in [0, 0.05) is 55.3 Å². The molecule has 3 aliphatic heterocycles. The van der Waals surface area contributed by atoms with Crippen molar-refractivity contribution < 1.29 is 0 Å². The first-order chi connectivity index (χ1) is 11.7. The third kappa shape index (κ3) is 2.34. The van der Waals surface area contributed by atoms with Crippen molar-refractivity contribution in [3.05, 3.63) is 41.1 Å². The summed E-state index contributed by atoms with van der Waals surface area (Å²) in [5.74, 6) is 2.43. The lowest BCUT2D eigenvalue weighted by atomic mass is 9.96. The molecule has 4 heterocycles. The second kappa shape index (κ2) is 5.27. The molecule has 2 fully saturated rings. The van der Waals surface area contributed by atoms with Crippen molar-refractivity contribution in [1.29, 1.82) is 0 Å². The average Bonchev–Trinajstić information content (AvgIpc) is 3.11. The van der Waals surface area contributed by atoms with E-state index < -0.39 is 0 Å². The zero-order chi connectivity index (χ0) is 16.1. The fourth-order valence-electron chi connectivity index (χ4n) is 3.70. The fraction of sp³-hybridized carbons (Fsp3) is 0.389. The topological polar surface area (TPSA) is 65.4 Å². The molecule has 2 aromatic rings. The Labute approximate surface area is 141 Å². The number of benzene rings is 1. The normalized spacial score (nSPS) is 23.8. The molecule has 6 nitrogen and oxygen atoms in total. The molecule has 2 atom stereocenters. The van der Waals surface area contributed by atoms with E-state index in [0.717, 1.165) is 55.2 Å². The number of hydrogen-bond donors (Lipinski definition) is 2. The maximum absolute atomic E-state index is 4.74. The van der Waals surface area contributed by atoms with E-state index in [0.29, 0.717) is 6.04 Å². The van der Waals surface area contributed by atoms with Gasteiger partial charge in [0.1, 0.15) is 5.82 Å². The van der Waals surface area contributed by atoms with E-state index in [1.807, 2.05) is 19.2 Å². The maximum Gasteiger partial charge on any atom is 0.227 e. The molecule has 0 amide bonds. The van der Waals surface area contributed by atoms with Gasteiger partial charge in [-0.2, -0.15) is 4.98 Å². The van der Waals surface area contributed by atoms with Gasteiger partial charge in [0.15, 0.2) is 0 Å². The predicted octanol–water partition coefficient (Wildman–Crippen LogP) is 1.87. The molecular formula is C18H20N6. The summed E-state index contributed by atoms with van der Waals surface area (Å²) in [5.41, 5.74) is 4.49. The molecule has 0 aliphatic carbocycles. The van der Waals surface area contributed by atoms with Crippen molar-refractivity contribution in [2.45, 2.75) is 19.5 Å². The van der Waals surface area contributed by atoms with Gasteiger partial charge in [-0.05, 0) is 30.2 Å². The zero-order valence-corrected chi connectivity index (χ0v) is 13.7. The average molecular weight is 320 g/mol. The quantitative estimate of drug-likeness (QED) is 0.904. The van der Waals surface area contributed by atoms with E-state index >= 15 is 0 Å². The predicted molar refractivity (Wildman–Crippen MR) is 95.3 cm³/mol. The number of nitrogens with one attached hydrogen (secondary N) is 2. The van der Waals surface area contributed by atoms with Crippen LogP contribution in [0.4, 0.5) is 17.5 Å². The van der Waals surface area contributed by atoms with Gasteiger partial charge in [-0.3, -0.25) is 4.99 Å². The molecule has 0 radical (unpaired) electrons. The van der Waals surface area contributed by atoms with E-state index in [9.17, 15) is 0 Å². The van der Waals surface area contributed by atoms with Gasteiger partial charge in [-0.25, -0.2) is 4.98 Å². The summed E-state index contributed by atoms with van der Waals surface area (Å²) in [6.07, 6.45) is 1.93. The first-order valence-corrected chi connectivity index (χ1v) is 8.48. The zero-order valence-electron chi connectivity index (χ0n) is 13.7. The number of aromatic nitrogens is 2. The van der Waals surface area contributed by atoms with Gasteiger partial charge >= 0.3 is 0 Å². The SMILES string of the molecule is Cc1cc(Nc2ccc3c(c2)C=NC3)nc(N2CC3CNC3C2)n1. The van der Waals surface area contributed by atoms with Gasteiger partial charge in [-0.15, -0.1) is 0 Å². The van der Waals surface area contributed by atoms with Crippen LogP contribution < -0.4 is 15.5 Å². The van der Waals surface area contributed by atoms with Gasteiger partial charge in [-0.1, -0.05) is 6.07 Å². The number of aliphatic imine (C=N–C) groups is 1. The summed E-state index contributed by atoms with van der Waals surface area (Å²) in [6.45, 7) is 5.99. The highest BCUT2D eigenvalue weighted by Crippen LogP contribution is 2.28. The largest absolute Gasteiger partial charge is 0.340 e. The summed E-state index contributed by atoms with van der Waals surface area (Å²) < 4.78 is 0. The summed E-state index contributed by atoms with van der Waals surface area (Å²) in [5, 5.41) is 6.90. The van der Waals surface area contributed by atoms with Gasteiger partial charge in [0.25, 0.3) is 0 Å². The highest BCUT2D eigenvalue weighted by molar-refractivity contribution is 5.86. The van der Waals surface area contributed by atoms with E-state index in [-0.39, 0.29) is 0 Å². The molecule has 0 saturated carbocycles. The minimum absolute atomic E-state index is 0.613. The van der Waals surface area contributed by atoms with Crippen LogP contribution in [-0.2, 0) is 6.54 Å². The summed E-state index contributed by atoms with van der Waals surface area (Å²) in [6, 6.07) is 8.95. The van der Waals surface area contributed by atoms with Crippen LogP contribution in [0.1, 0.15) is 16.8 Å². The smallest absolute Gasteiger partial charge is 0.227 e. The summed E-state index contributed by atoms with van der Waals surface area (Å²) in [7, 11) is 0. The second-order valence-electron chi connectivity index (χ2n) is 6.88. The molecule has 5 rings (SSSR count). The monoisotopic (exact) mass is 320 g/mol. The van der Waals surface area contributed by atoms with Gasteiger partial charge in [0.05, 0.1) is 6.54 Å². The first-order valence-electron chi connectivity index (χ1n) is 8.48. The Hall–Kier alpha value is -2.47. The molecule has 0 spiro atoms. The van der Waals surface area contributed by atoms with Crippen LogP contribution in [0.15, 0.2) is 29.3 Å². The number of hydrogen-bond acceptors (Lipinski definition) is 6. The lowest BCUT2D eigenvalue weighted by molar-refractivity contribution is 0.297. The Morgan fingerprint density at radius 1 is 1.21 bits per heavy atom. The molecule has 2 saturated heterocycles. The van der Waals surface area contributed by atoms with Crippen LogP contribution in [0, 0.1) is 12.8 Å². The Balaban J connectivity index is 1.40. The molecule has 122 valence electrons. The van der Waals surface area contributed by atoms with Crippen LogP contribution in [0.3, 0.4) is 0 Å². The summed E-state index contributed by atoms with van der Waals surface area (Å²) in [4.78, 5) is 16.0. The molecule has 2 unspecified atom stereocenters. The van der Waals surface area contributed by atoms with Crippen molar-refractivity contribution in [1.82, 2.24) is 15.3 Å². The summed E-state index contributed by atoms with van der Waals surface area (Å²) >= 11 is 0. The van der Waals surface area contributed by atoms with Crippen LogP contribution in [0.25, 0.3) is 0 Å². The number of rotatable bonds is 3. The van der Waals surface area contributed by atoms with Crippen LogP contribution in [-0.4, -0.2) is 41.9 Å². The van der Waals surface area contributed by atoms with E-state index in [2.05, 4.69) is 43.7 Å². The fourth-order valence-corrected chi connectivity index (χ4v) is 3.70. The van der Waals surface area contributed by atoms with Crippen LogP contribution in [0.5, 0.6) is 0 Å². The molecule has 6 heteroatoms. The van der Waals surface area contributed by atoms with E-state index in [4.69, 9.17) is 4.98 Å². The lowest BCUT2D eigenvalue weighted by Crippen LogP contribution is -2.51. The molecule has 3 aliphatic rings.